The zero-order valence-corrected chi connectivity index (χ0v) is 7.64. The lowest BCUT2D eigenvalue weighted by molar-refractivity contribution is 0.262. The highest BCUT2D eigenvalue weighted by Gasteiger charge is 2.03. The topological polar surface area (TPSA) is 95.6 Å². The Balaban J connectivity index is 1.94. The third kappa shape index (κ3) is 2.50. The Labute approximate surface area is 85.0 Å². The Morgan fingerprint density at radius 3 is 2.73 bits per heavy atom. The van der Waals surface area contributed by atoms with Crippen molar-refractivity contribution in [2.45, 2.75) is 0 Å². The number of carbonyl (C=O) groups is 1. The molecule has 0 radical (unpaired) electrons. The molecule has 2 aromatic heterocycles. The highest BCUT2D eigenvalue weighted by atomic mass is 16.2. The average Bonchev–Trinajstić information content (AvgIpc) is 2.71. The van der Waals surface area contributed by atoms with Crippen molar-refractivity contribution in [3.63, 3.8) is 0 Å². The number of rotatable bonds is 2. The van der Waals surface area contributed by atoms with Gasteiger partial charge in [0.25, 0.3) is 0 Å². The molecule has 0 fully saturated rings. The second-order valence-electron chi connectivity index (χ2n) is 2.65. The van der Waals surface area contributed by atoms with Gasteiger partial charge in [0.1, 0.15) is 6.33 Å². The van der Waals surface area contributed by atoms with Crippen LogP contribution >= 0.6 is 0 Å². The molecule has 2 heterocycles. The summed E-state index contributed by atoms with van der Waals surface area (Å²) in [6.07, 6.45) is 4.48. The highest BCUT2D eigenvalue weighted by molar-refractivity contribution is 5.98. The summed E-state index contributed by atoms with van der Waals surface area (Å²) in [5.74, 6) is 0.293. The van der Waals surface area contributed by atoms with E-state index < -0.39 is 6.03 Å². The molecule has 2 rings (SSSR count). The van der Waals surface area contributed by atoms with Crippen LogP contribution in [0.25, 0.3) is 0 Å². The van der Waals surface area contributed by atoms with E-state index in [9.17, 15) is 4.79 Å². The summed E-state index contributed by atoms with van der Waals surface area (Å²) in [5.41, 5.74) is 0.655. The number of hydrogen-bond acceptors (Lipinski definition) is 4. The van der Waals surface area contributed by atoms with Gasteiger partial charge in [-0.1, -0.05) is 0 Å². The van der Waals surface area contributed by atoms with E-state index in [2.05, 4.69) is 30.8 Å². The van der Waals surface area contributed by atoms with E-state index in [0.29, 0.717) is 11.6 Å². The van der Waals surface area contributed by atoms with E-state index in [-0.39, 0.29) is 0 Å². The van der Waals surface area contributed by atoms with Crippen molar-refractivity contribution >= 4 is 17.7 Å². The number of anilines is 2. The zero-order valence-electron chi connectivity index (χ0n) is 7.64. The van der Waals surface area contributed by atoms with Gasteiger partial charge < -0.3 is 5.32 Å². The lowest BCUT2D eigenvalue weighted by Crippen LogP contribution is -2.20. The van der Waals surface area contributed by atoms with Gasteiger partial charge in [0.2, 0.25) is 5.95 Å². The molecular formula is C8H8N6O. The number of aromatic nitrogens is 4. The van der Waals surface area contributed by atoms with Crippen molar-refractivity contribution in [1.82, 2.24) is 20.2 Å². The molecule has 0 aliphatic carbocycles. The van der Waals surface area contributed by atoms with Crippen molar-refractivity contribution in [2.24, 2.45) is 0 Å². The van der Waals surface area contributed by atoms with Gasteiger partial charge in [-0.15, -0.1) is 0 Å². The summed E-state index contributed by atoms with van der Waals surface area (Å²) >= 11 is 0. The summed E-state index contributed by atoms with van der Waals surface area (Å²) in [7, 11) is 0. The number of H-pyrrole nitrogens is 1. The van der Waals surface area contributed by atoms with E-state index in [1.54, 1.807) is 24.5 Å². The maximum Gasteiger partial charge on any atom is 0.326 e. The highest BCUT2D eigenvalue weighted by Crippen LogP contribution is 2.03. The molecule has 76 valence electrons. The lowest BCUT2D eigenvalue weighted by atomic mass is 10.4. The Morgan fingerprint density at radius 1 is 1.27 bits per heavy atom. The van der Waals surface area contributed by atoms with Gasteiger partial charge in [0.15, 0.2) is 0 Å². The molecule has 7 nitrogen and oxygen atoms in total. The van der Waals surface area contributed by atoms with Crippen LogP contribution in [0.4, 0.5) is 16.4 Å². The molecule has 0 bridgehead atoms. The average molecular weight is 204 g/mol. The van der Waals surface area contributed by atoms with E-state index in [1.165, 1.54) is 6.33 Å². The minimum atomic E-state index is -0.391. The summed E-state index contributed by atoms with van der Waals surface area (Å²) in [6, 6.07) is 2.97. The van der Waals surface area contributed by atoms with Crippen LogP contribution in [0.1, 0.15) is 0 Å². The first-order valence-corrected chi connectivity index (χ1v) is 4.18. The minimum absolute atomic E-state index is 0.293. The normalized spacial score (nSPS) is 9.60. The summed E-state index contributed by atoms with van der Waals surface area (Å²) in [6.45, 7) is 0. The van der Waals surface area contributed by atoms with E-state index in [4.69, 9.17) is 0 Å². The molecule has 0 spiro atoms. The fraction of sp³-hybridized carbons (Fsp3) is 0. The smallest absolute Gasteiger partial charge is 0.308 e. The SMILES string of the molecule is O=C(Nc1ccncc1)Nc1ncn[nH]1. The van der Waals surface area contributed by atoms with Crippen molar-refractivity contribution in [3.05, 3.63) is 30.9 Å². The number of carbonyl (C=O) groups excluding carboxylic acids is 1. The number of nitrogens with zero attached hydrogens (tertiary/aromatic N) is 3. The van der Waals surface area contributed by atoms with Crippen molar-refractivity contribution in [2.75, 3.05) is 10.6 Å². The van der Waals surface area contributed by atoms with Crippen LogP contribution in [0.15, 0.2) is 30.9 Å². The Bertz CT molecular complexity index is 426. The van der Waals surface area contributed by atoms with Crippen LogP contribution in [0.5, 0.6) is 0 Å². The van der Waals surface area contributed by atoms with Crippen LogP contribution in [-0.2, 0) is 0 Å². The van der Waals surface area contributed by atoms with Crippen molar-refractivity contribution < 1.29 is 4.79 Å². The second-order valence-corrected chi connectivity index (χ2v) is 2.65. The summed E-state index contributed by atoms with van der Waals surface area (Å²) in [4.78, 5) is 18.9. The molecule has 0 aliphatic rings. The Hall–Kier alpha value is -2.44. The molecule has 0 aromatic carbocycles. The van der Waals surface area contributed by atoms with Gasteiger partial charge in [-0.05, 0) is 12.1 Å². The summed E-state index contributed by atoms with van der Waals surface area (Å²) < 4.78 is 0. The molecule has 0 aliphatic heterocycles. The third-order valence-electron chi connectivity index (χ3n) is 1.59. The fourth-order valence-corrected chi connectivity index (χ4v) is 0.971. The molecule has 7 heteroatoms. The van der Waals surface area contributed by atoms with Gasteiger partial charge in [-0.25, -0.2) is 9.89 Å². The molecule has 2 amide bonds. The zero-order chi connectivity index (χ0) is 10.5. The van der Waals surface area contributed by atoms with Gasteiger partial charge in [0.05, 0.1) is 0 Å². The van der Waals surface area contributed by atoms with Crippen molar-refractivity contribution in [3.8, 4) is 0 Å². The lowest BCUT2D eigenvalue weighted by Gasteiger charge is -2.03. The van der Waals surface area contributed by atoms with Crippen LogP contribution in [0.3, 0.4) is 0 Å². The first kappa shape index (κ1) is 9.13. The monoisotopic (exact) mass is 204 g/mol. The number of urea groups is 1. The molecule has 2 aromatic rings. The van der Waals surface area contributed by atoms with E-state index in [0.717, 1.165) is 0 Å². The minimum Gasteiger partial charge on any atom is -0.308 e. The van der Waals surface area contributed by atoms with Gasteiger partial charge in [-0.3, -0.25) is 10.3 Å². The molecule has 0 unspecified atom stereocenters. The molecular weight excluding hydrogens is 196 g/mol. The summed E-state index contributed by atoms with van der Waals surface area (Å²) in [5, 5.41) is 11.2. The number of nitrogens with one attached hydrogen (secondary N) is 3. The van der Waals surface area contributed by atoms with Gasteiger partial charge in [-0.2, -0.15) is 10.1 Å². The molecule has 0 saturated carbocycles. The van der Waals surface area contributed by atoms with Gasteiger partial charge in [0, 0.05) is 18.1 Å². The van der Waals surface area contributed by atoms with E-state index >= 15 is 0 Å². The number of aromatic amines is 1. The maximum atomic E-state index is 11.3. The quantitative estimate of drug-likeness (QED) is 0.675. The van der Waals surface area contributed by atoms with E-state index in [1.807, 2.05) is 0 Å². The predicted octanol–water partition coefficient (Wildman–Crippen LogP) is 0.844. The number of amides is 2. The molecule has 3 N–H and O–H groups in total. The van der Waals surface area contributed by atoms with Crippen LogP contribution in [0.2, 0.25) is 0 Å². The Morgan fingerprint density at radius 2 is 2.07 bits per heavy atom. The van der Waals surface area contributed by atoms with Gasteiger partial charge >= 0.3 is 6.03 Å². The number of pyridine rings is 1. The first-order chi connectivity index (χ1) is 7.34. The molecule has 0 saturated heterocycles. The molecule has 15 heavy (non-hydrogen) atoms. The third-order valence-corrected chi connectivity index (χ3v) is 1.59. The standard InChI is InChI=1S/C8H8N6O/c15-8(13-7-10-5-11-14-7)12-6-1-3-9-4-2-6/h1-5H,(H3,9,10,11,12,13,14,15). The fourth-order valence-electron chi connectivity index (χ4n) is 0.971. The largest absolute Gasteiger partial charge is 0.326 e. The molecule has 0 atom stereocenters. The predicted molar refractivity (Wildman–Crippen MR) is 53.3 cm³/mol. The maximum absolute atomic E-state index is 11.3. The van der Waals surface area contributed by atoms with Crippen LogP contribution < -0.4 is 10.6 Å². The number of hydrogen-bond donors (Lipinski definition) is 3. The second kappa shape index (κ2) is 4.18. The van der Waals surface area contributed by atoms with Crippen molar-refractivity contribution in [1.29, 1.82) is 0 Å². The van der Waals surface area contributed by atoms with Crippen LogP contribution in [-0.4, -0.2) is 26.2 Å². The van der Waals surface area contributed by atoms with Crippen LogP contribution in [0, 0.1) is 0 Å². The first-order valence-electron chi connectivity index (χ1n) is 4.18. The Kier molecular flexibility index (Phi) is 2.54.